The molecule has 0 saturated heterocycles. The van der Waals surface area contributed by atoms with Crippen molar-refractivity contribution in [2.45, 2.75) is 18.9 Å². The fourth-order valence-electron chi connectivity index (χ4n) is 2.46. The van der Waals surface area contributed by atoms with Crippen molar-refractivity contribution < 1.29 is 18.4 Å². The fourth-order valence-corrected chi connectivity index (χ4v) is 2.46. The summed E-state index contributed by atoms with van der Waals surface area (Å²) in [6.45, 7) is 0. The van der Waals surface area contributed by atoms with Crippen molar-refractivity contribution in [3.05, 3.63) is 46.7 Å². The minimum atomic E-state index is -1.00. The van der Waals surface area contributed by atoms with Gasteiger partial charge in [-0.3, -0.25) is 4.79 Å². The van der Waals surface area contributed by atoms with Gasteiger partial charge < -0.3 is 10.6 Å². The van der Waals surface area contributed by atoms with Gasteiger partial charge in [0, 0.05) is 17.7 Å². The lowest BCUT2D eigenvalue weighted by Crippen LogP contribution is -2.43. The average Bonchev–Trinajstić information content (AvgIpc) is 2.73. The number of allylic oxidation sites excluding steroid dienone is 1. The van der Waals surface area contributed by atoms with Crippen LogP contribution in [0.2, 0.25) is 0 Å². The Morgan fingerprint density at radius 1 is 1.11 bits per heavy atom. The monoisotopic (exact) mass is 264 g/mol. The molecule has 19 heavy (non-hydrogen) atoms. The topological polar surface area (TPSA) is 58.2 Å². The maximum absolute atomic E-state index is 13.3. The molecule has 6 heteroatoms. The number of rotatable bonds is 1. The van der Waals surface area contributed by atoms with Gasteiger partial charge >= 0.3 is 6.03 Å². The zero-order valence-electron chi connectivity index (χ0n) is 9.80. The van der Waals surface area contributed by atoms with Crippen LogP contribution in [0.5, 0.6) is 0 Å². The van der Waals surface area contributed by atoms with Crippen LogP contribution in [0.25, 0.3) is 0 Å². The summed E-state index contributed by atoms with van der Waals surface area (Å²) in [6.07, 6.45) is 0.800. The van der Waals surface area contributed by atoms with E-state index in [9.17, 15) is 18.4 Å². The van der Waals surface area contributed by atoms with Crippen LogP contribution >= 0.6 is 0 Å². The minimum absolute atomic E-state index is 0.0859. The number of carbonyl (C=O) groups is 2. The second-order valence-corrected chi connectivity index (χ2v) is 4.52. The second kappa shape index (κ2) is 4.15. The number of ketones is 1. The van der Waals surface area contributed by atoms with Crippen molar-refractivity contribution in [1.82, 2.24) is 10.6 Å². The molecule has 3 rings (SSSR count). The average molecular weight is 264 g/mol. The van der Waals surface area contributed by atoms with Crippen LogP contribution in [0.3, 0.4) is 0 Å². The molecule has 0 radical (unpaired) electrons. The number of carbonyl (C=O) groups excluding carboxylic acids is 2. The molecule has 0 fully saturated rings. The number of urea groups is 1. The van der Waals surface area contributed by atoms with Gasteiger partial charge in [-0.1, -0.05) is 6.07 Å². The van der Waals surface area contributed by atoms with E-state index in [0.717, 1.165) is 12.1 Å². The van der Waals surface area contributed by atoms with Gasteiger partial charge in [-0.05, 0) is 24.1 Å². The Balaban J connectivity index is 2.07. The predicted molar refractivity (Wildman–Crippen MR) is 62.0 cm³/mol. The summed E-state index contributed by atoms with van der Waals surface area (Å²) in [5.74, 6) is -2.05. The first kappa shape index (κ1) is 11.8. The van der Waals surface area contributed by atoms with Crippen molar-refractivity contribution in [2.75, 3.05) is 0 Å². The Morgan fingerprint density at radius 3 is 2.63 bits per heavy atom. The molecule has 98 valence electrons. The number of hydrogen-bond donors (Lipinski definition) is 2. The molecule has 1 atom stereocenters. The van der Waals surface area contributed by atoms with E-state index >= 15 is 0 Å². The summed E-state index contributed by atoms with van der Waals surface area (Å²) in [5.41, 5.74) is 1.37. The molecule has 4 nitrogen and oxygen atoms in total. The molecule has 1 unspecified atom stereocenters. The molecular formula is C13H10F2N2O2. The van der Waals surface area contributed by atoms with Crippen molar-refractivity contribution in [3.8, 4) is 0 Å². The zero-order valence-corrected chi connectivity index (χ0v) is 9.80. The summed E-state index contributed by atoms with van der Waals surface area (Å²) in [4.78, 5) is 23.3. The van der Waals surface area contributed by atoms with E-state index in [4.69, 9.17) is 0 Å². The smallest absolute Gasteiger partial charge is 0.319 e. The lowest BCUT2D eigenvalue weighted by Gasteiger charge is -2.26. The summed E-state index contributed by atoms with van der Waals surface area (Å²) in [5, 5.41) is 5.14. The molecule has 2 N–H and O–H groups in total. The minimum Gasteiger partial charge on any atom is -0.327 e. The molecule has 0 saturated carbocycles. The lowest BCUT2D eigenvalue weighted by atomic mass is 9.95. The van der Waals surface area contributed by atoms with Crippen LogP contribution in [-0.2, 0) is 4.79 Å². The summed E-state index contributed by atoms with van der Waals surface area (Å²) in [6, 6.07) is 2.20. The predicted octanol–water partition coefficient (Wildman–Crippen LogP) is 1.94. The van der Waals surface area contributed by atoms with E-state index in [1.807, 2.05) is 0 Å². The number of benzene rings is 1. The molecule has 1 aliphatic carbocycles. The third kappa shape index (κ3) is 1.89. The van der Waals surface area contributed by atoms with Gasteiger partial charge in [0.2, 0.25) is 0 Å². The summed E-state index contributed by atoms with van der Waals surface area (Å²) in [7, 11) is 0. The highest BCUT2D eigenvalue weighted by molar-refractivity contribution is 6.02. The van der Waals surface area contributed by atoms with Gasteiger partial charge in [0.15, 0.2) is 17.4 Å². The highest BCUT2D eigenvalue weighted by Gasteiger charge is 2.36. The Hall–Kier alpha value is -2.24. The van der Waals surface area contributed by atoms with Crippen LogP contribution in [0, 0.1) is 11.6 Å². The molecule has 2 aliphatic rings. The van der Waals surface area contributed by atoms with E-state index in [1.54, 1.807) is 0 Å². The van der Waals surface area contributed by atoms with Crippen LogP contribution < -0.4 is 10.6 Å². The van der Waals surface area contributed by atoms with E-state index in [1.165, 1.54) is 6.07 Å². The van der Waals surface area contributed by atoms with Crippen LogP contribution in [0.4, 0.5) is 13.6 Å². The molecular weight excluding hydrogens is 254 g/mol. The molecule has 1 heterocycles. The van der Waals surface area contributed by atoms with Gasteiger partial charge in [0.25, 0.3) is 0 Å². The van der Waals surface area contributed by atoms with Crippen molar-refractivity contribution >= 4 is 11.8 Å². The van der Waals surface area contributed by atoms with E-state index in [-0.39, 0.29) is 5.78 Å². The van der Waals surface area contributed by atoms with Gasteiger partial charge in [-0.25, -0.2) is 13.6 Å². The van der Waals surface area contributed by atoms with Gasteiger partial charge in [-0.15, -0.1) is 0 Å². The maximum Gasteiger partial charge on any atom is 0.319 e. The molecule has 2 amide bonds. The molecule has 1 aliphatic heterocycles. The number of halogens is 2. The van der Waals surface area contributed by atoms with Crippen LogP contribution in [0.15, 0.2) is 29.5 Å². The maximum atomic E-state index is 13.3. The van der Waals surface area contributed by atoms with Crippen molar-refractivity contribution in [2.24, 2.45) is 0 Å². The Labute approximate surface area is 107 Å². The van der Waals surface area contributed by atoms with E-state index in [0.29, 0.717) is 29.7 Å². The molecule has 1 aromatic rings. The zero-order chi connectivity index (χ0) is 13.6. The number of hydrogen-bond acceptors (Lipinski definition) is 2. The molecule has 0 spiro atoms. The van der Waals surface area contributed by atoms with Gasteiger partial charge in [0.05, 0.1) is 6.04 Å². The second-order valence-electron chi connectivity index (χ2n) is 4.52. The van der Waals surface area contributed by atoms with Crippen LogP contribution in [0.1, 0.15) is 24.4 Å². The highest BCUT2D eigenvalue weighted by Crippen LogP contribution is 2.34. The fraction of sp³-hybridized carbons (Fsp3) is 0.231. The van der Waals surface area contributed by atoms with Crippen molar-refractivity contribution in [1.29, 1.82) is 0 Å². The normalized spacial score (nSPS) is 22.1. The number of Topliss-reactive ketones (excluding diaryl/α,β-unsaturated/α-hetero) is 1. The van der Waals surface area contributed by atoms with E-state index < -0.39 is 23.7 Å². The quantitative estimate of drug-likeness (QED) is 0.814. The highest BCUT2D eigenvalue weighted by atomic mass is 19.2. The first-order chi connectivity index (χ1) is 9.06. The number of nitrogens with one attached hydrogen (secondary N) is 2. The third-order valence-electron chi connectivity index (χ3n) is 3.33. The molecule has 1 aromatic carbocycles. The van der Waals surface area contributed by atoms with Crippen molar-refractivity contribution in [3.63, 3.8) is 0 Å². The Bertz CT molecular complexity index is 625. The largest absolute Gasteiger partial charge is 0.327 e. The lowest BCUT2D eigenvalue weighted by molar-refractivity contribution is -0.115. The Morgan fingerprint density at radius 2 is 1.89 bits per heavy atom. The van der Waals surface area contributed by atoms with Crippen LogP contribution in [-0.4, -0.2) is 11.8 Å². The first-order valence-corrected chi connectivity index (χ1v) is 5.85. The van der Waals surface area contributed by atoms with Gasteiger partial charge in [0.1, 0.15) is 0 Å². The number of amides is 2. The summed E-state index contributed by atoms with van der Waals surface area (Å²) < 4.78 is 26.2. The molecule has 0 aromatic heterocycles. The standard InChI is InChI=1S/C13H10F2N2O2/c14-7-2-1-6(5-8(7)15)12-11-9(3-4-10(11)18)16-13(19)17-12/h1-2,5,12H,3-4H2,(H2,16,17,19). The van der Waals surface area contributed by atoms with E-state index in [2.05, 4.69) is 10.6 Å². The summed E-state index contributed by atoms with van der Waals surface area (Å²) >= 11 is 0. The molecule has 0 bridgehead atoms. The van der Waals surface area contributed by atoms with Gasteiger partial charge in [-0.2, -0.15) is 0 Å². The SMILES string of the molecule is O=C1NC2=C(C(=O)CC2)C(c2ccc(F)c(F)c2)N1. The first-order valence-electron chi connectivity index (χ1n) is 5.85. The Kier molecular flexibility index (Phi) is 2.58. The third-order valence-corrected chi connectivity index (χ3v) is 3.33.